The predicted octanol–water partition coefficient (Wildman–Crippen LogP) is 2.85. The van der Waals surface area contributed by atoms with Crippen molar-refractivity contribution in [2.24, 2.45) is 0 Å². The second kappa shape index (κ2) is 5.84. The molecule has 6 heteroatoms. The van der Waals surface area contributed by atoms with E-state index in [1.807, 2.05) is 60.7 Å². The van der Waals surface area contributed by atoms with E-state index in [1.54, 1.807) is 0 Å². The van der Waals surface area contributed by atoms with Crippen LogP contribution in [0.1, 0.15) is 11.6 Å². The number of H-pyrrole nitrogens is 2. The summed E-state index contributed by atoms with van der Waals surface area (Å²) in [5, 5.41) is 14.4. The molecule has 0 aliphatic carbocycles. The molecule has 112 valence electrons. The molecule has 0 fully saturated rings. The van der Waals surface area contributed by atoms with E-state index in [0.717, 1.165) is 22.8 Å². The van der Waals surface area contributed by atoms with Crippen LogP contribution in [-0.2, 0) is 6.42 Å². The highest BCUT2D eigenvalue weighted by Crippen LogP contribution is 2.16. The number of aromatic amines is 2. The van der Waals surface area contributed by atoms with Gasteiger partial charge in [0.1, 0.15) is 0 Å². The Bertz CT molecular complexity index is 819. The fraction of sp³-hybridized carbons (Fsp3) is 0.0588. The van der Waals surface area contributed by atoms with Crippen molar-refractivity contribution in [3.8, 4) is 22.8 Å². The first-order chi connectivity index (χ1) is 11.4. The van der Waals surface area contributed by atoms with E-state index in [4.69, 9.17) is 0 Å². The van der Waals surface area contributed by atoms with Gasteiger partial charge < -0.3 is 0 Å². The minimum Gasteiger partial charge on any atom is -0.259 e. The molecule has 2 aromatic heterocycles. The molecule has 2 N–H and O–H groups in total. The quantitative estimate of drug-likeness (QED) is 0.607. The van der Waals surface area contributed by atoms with E-state index >= 15 is 0 Å². The largest absolute Gasteiger partial charge is 0.259 e. The van der Waals surface area contributed by atoms with Crippen LogP contribution in [-0.4, -0.2) is 30.4 Å². The predicted molar refractivity (Wildman–Crippen MR) is 86.4 cm³/mol. The number of nitrogens with one attached hydrogen (secondary N) is 2. The molecule has 0 radical (unpaired) electrons. The lowest BCUT2D eigenvalue weighted by Gasteiger charge is -1.93. The Kier molecular flexibility index (Phi) is 3.40. The third-order valence-electron chi connectivity index (χ3n) is 3.47. The van der Waals surface area contributed by atoms with Gasteiger partial charge in [-0.25, -0.2) is 9.97 Å². The Labute approximate surface area is 132 Å². The van der Waals surface area contributed by atoms with Gasteiger partial charge >= 0.3 is 0 Å². The number of nitrogens with zero attached hydrogens (tertiary/aromatic N) is 4. The van der Waals surface area contributed by atoms with Crippen LogP contribution in [0.5, 0.6) is 0 Å². The summed E-state index contributed by atoms with van der Waals surface area (Å²) in [6.45, 7) is 0. The van der Waals surface area contributed by atoms with Gasteiger partial charge in [-0.3, -0.25) is 10.2 Å². The van der Waals surface area contributed by atoms with Gasteiger partial charge in [-0.1, -0.05) is 60.7 Å². The van der Waals surface area contributed by atoms with Crippen molar-refractivity contribution >= 4 is 0 Å². The highest BCUT2D eigenvalue weighted by molar-refractivity contribution is 5.54. The van der Waals surface area contributed by atoms with Crippen molar-refractivity contribution in [1.29, 1.82) is 0 Å². The van der Waals surface area contributed by atoms with Crippen LogP contribution in [0, 0.1) is 0 Å². The highest BCUT2D eigenvalue weighted by atomic mass is 15.2. The summed E-state index contributed by atoms with van der Waals surface area (Å²) in [6, 6.07) is 19.8. The first-order valence-corrected chi connectivity index (χ1v) is 7.32. The van der Waals surface area contributed by atoms with Crippen molar-refractivity contribution in [3.05, 3.63) is 72.3 Å². The average molecular weight is 302 g/mol. The van der Waals surface area contributed by atoms with Gasteiger partial charge in [0.25, 0.3) is 0 Å². The van der Waals surface area contributed by atoms with Crippen LogP contribution in [0.4, 0.5) is 0 Å². The second-order valence-electron chi connectivity index (χ2n) is 5.11. The maximum atomic E-state index is 4.50. The summed E-state index contributed by atoms with van der Waals surface area (Å²) >= 11 is 0. The molecule has 0 amide bonds. The van der Waals surface area contributed by atoms with E-state index in [1.165, 1.54) is 0 Å². The van der Waals surface area contributed by atoms with E-state index in [0.29, 0.717) is 18.1 Å². The van der Waals surface area contributed by atoms with Crippen LogP contribution in [0.3, 0.4) is 0 Å². The molecule has 0 atom stereocenters. The maximum absolute atomic E-state index is 4.50. The number of aromatic nitrogens is 6. The number of benzene rings is 2. The number of rotatable bonds is 4. The van der Waals surface area contributed by atoms with Crippen molar-refractivity contribution in [1.82, 2.24) is 30.4 Å². The molecule has 23 heavy (non-hydrogen) atoms. The molecule has 2 heterocycles. The van der Waals surface area contributed by atoms with Crippen molar-refractivity contribution in [2.75, 3.05) is 0 Å². The summed E-state index contributed by atoms with van der Waals surface area (Å²) in [7, 11) is 0. The van der Waals surface area contributed by atoms with Gasteiger partial charge in [0.2, 0.25) is 0 Å². The van der Waals surface area contributed by atoms with Gasteiger partial charge in [-0.15, -0.1) is 0 Å². The molecule has 6 nitrogen and oxygen atoms in total. The molecule has 0 unspecified atom stereocenters. The van der Waals surface area contributed by atoms with Crippen LogP contribution in [0.2, 0.25) is 0 Å². The fourth-order valence-electron chi connectivity index (χ4n) is 2.34. The molecular formula is C17H14N6. The van der Waals surface area contributed by atoms with Gasteiger partial charge in [0, 0.05) is 11.1 Å². The van der Waals surface area contributed by atoms with E-state index in [9.17, 15) is 0 Å². The molecule has 0 saturated heterocycles. The summed E-state index contributed by atoms with van der Waals surface area (Å²) in [6.07, 6.45) is 0.479. The van der Waals surface area contributed by atoms with Crippen molar-refractivity contribution < 1.29 is 0 Å². The minimum absolute atomic E-state index is 0.479. The standard InChI is InChI=1S/C17H14N6/c1-3-7-12(8-4-1)16-18-14(20-22-16)11-15-19-17(23-21-15)13-9-5-2-6-10-13/h1-10H,11H2,(H,18,20,22)(H,19,21,23). The topological polar surface area (TPSA) is 83.1 Å². The van der Waals surface area contributed by atoms with E-state index < -0.39 is 0 Å². The Hall–Kier alpha value is -3.28. The molecule has 0 bridgehead atoms. The molecule has 4 rings (SSSR count). The molecule has 4 aromatic rings. The van der Waals surface area contributed by atoms with E-state index in [2.05, 4.69) is 30.4 Å². The fourth-order valence-corrected chi connectivity index (χ4v) is 2.34. The van der Waals surface area contributed by atoms with Crippen molar-refractivity contribution in [2.45, 2.75) is 6.42 Å². The third kappa shape index (κ3) is 2.87. The lowest BCUT2D eigenvalue weighted by molar-refractivity contribution is 0.899. The minimum atomic E-state index is 0.479. The Morgan fingerprint density at radius 1 is 0.609 bits per heavy atom. The number of hydrogen-bond acceptors (Lipinski definition) is 4. The van der Waals surface area contributed by atoms with Crippen LogP contribution in [0.15, 0.2) is 60.7 Å². The smallest absolute Gasteiger partial charge is 0.158 e. The first kappa shape index (κ1) is 13.4. The molecule has 2 aromatic carbocycles. The normalized spacial score (nSPS) is 10.8. The highest BCUT2D eigenvalue weighted by Gasteiger charge is 2.10. The summed E-state index contributed by atoms with van der Waals surface area (Å²) in [5.41, 5.74) is 2.01. The Morgan fingerprint density at radius 2 is 1.04 bits per heavy atom. The molecule has 0 aliphatic rings. The third-order valence-corrected chi connectivity index (χ3v) is 3.47. The van der Waals surface area contributed by atoms with Gasteiger partial charge in [-0.05, 0) is 0 Å². The van der Waals surface area contributed by atoms with Gasteiger partial charge in [0.15, 0.2) is 23.3 Å². The summed E-state index contributed by atoms with van der Waals surface area (Å²) in [5.74, 6) is 2.84. The molecular weight excluding hydrogens is 288 g/mol. The zero-order valence-corrected chi connectivity index (χ0v) is 12.3. The van der Waals surface area contributed by atoms with Crippen LogP contribution >= 0.6 is 0 Å². The Balaban J connectivity index is 1.53. The second-order valence-corrected chi connectivity index (χ2v) is 5.11. The van der Waals surface area contributed by atoms with Gasteiger partial charge in [0.05, 0.1) is 6.42 Å². The summed E-state index contributed by atoms with van der Waals surface area (Å²) < 4.78 is 0. The molecule has 0 spiro atoms. The van der Waals surface area contributed by atoms with Crippen molar-refractivity contribution in [3.63, 3.8) is 0 Å². The molecule has 0 saturated carbocycles. The van der Waals surface area contributed by atoms with E-state index in [-0.39, 0.29) is 0 Å². The monoisotopic (exact) mass is 302 g/mol. The zero-order valence-electron chi connectivity index (χ0n) is 12.3. The first-order valence-electron chi connectivity index (χ1n) is 7.32. The van der Waals surface area contributed by atoms with Gasteiger partial charge in [-0.2, -0.15) is 10.2 Å². The number of hydrogen-bond donors (Lipinski definition) is 2. The zero-order chi connectivity index (χ0) is 15.5. The summed E-state index contributed by atoms with van der Waals surface area (Å²) in [4.78, 5) is 8.99. The average Bonchev–Trinajstić information content (AvgIpc) is 3.27. The van der Waals surface area contributed by atoms with Crippen LogP contribution in [0.25, 0.3) is 22.8 Å². The maximum Gasteiger partial charge on any atom is 0.158 e. The molecule has 0 aliphatic heterocycles. The lowest BCUT2D eigenvalue weighted by atomic mass is 10.2. The van der Waals surface area contributed by atoms with Crippen LogP contribution < -0.4 is 0 Å². The lowest BCUT2D eigenvalue weighted by Crippen LogP contribution is -1.93. The Morgan fingerprint density at radius 3 is 1.48 bits per heavy atom. The SMILES string of the molecule is c1ccc(-c2nc(Cc3n[nH]c(-c4ccccc4)n3)n[nH]2)cc1.